The maximum absolute atomic E-state index is 11.1. The predicted octanol–water partition coefficient (Wildman–Crippen LogP) is 1.27. The highest BCUT2D eigenvalue weighted by Crippen LogP contribution is 2.08. The van der Waals surface area contributed by atoms with Crippen LogP contribution in [0.3, 0.4) is 0 Å². The molecule has 0 aliphatic heterocycles. The number of hydrogen-bond acceptors (Lipinski definition) is 3. The monoisotopic (exact) mass is 227 g/mol. The van der Waals surface area contributed by atoms with Crippen LogP contribution in [0, 0.1) is 0 Å². The Bertz CT molecular complexity index is 334. The summed E-state index contributed by atoms with van der Waals surface area (Å²) in [5, 5.41) is 15.0. The van der Waals surface area contributed by atoms with Crippen molar-refractivity contribution in [2.24, 2.45) is 0 Å². The quantitative estimate of drug-likeness (QED) is 0.744. The maximum atomic E-state index is 11.1. The van der Waals surface area contributed by atoms with Crippen LogP contribution >= 0.6 is 11.3 Å². The van der Waals surface area contributed by atoms with Crippen LogP contribution in [0.4, 0.5) is 0 Å². The number of carboxylic acids is 1. The highest BCUT2D eigenvalue weighted by atomic mass is 32.1. The second-order valence-electron chi connectivity index (χ2n) is 3.37. The summed E-state index contributed by atoms with van der Waals surface area (Å²) in [6, 6.07) is 1.95. The fourth-order valence-electron chi connectivity index (χ4n) is 1.28. The molecular weight excluding hydrogens is 214 g/mol. The summed E-state index contributed by atoms with van der Waals surface area (Å²) in [5.74, 6) is -1.54. The van der Waals surface area contributed by atoms with Crippen molar-refractivity contribution in [2.45, 2.75) is 25.8 Å². The molecule has 0 aliphatic carbocycles. The van der Waals surface area contributed by atoms with Crippen LogP contribution in [-0.4, -0.2) is 23.0 Å². The summed E-state index contributed by atoms with van der Waals surface area (Å²) in [7, 11) is 0. The van der Waals surface area contributed by atoms with Crippen molar-refractivity contribution >= 4 is 23.2 Å². The first kappa shape index (κ1) is 11.7. The summed E-state index contributed by atoms with van der Waals surface area (Å²) in [5.41, 5.74) is 1.16. The number of carboxylic acid groups (broad SMARTS) is 1. The molecule has 0 aromatic carbocycles. The molecule has 1 aromatic rings. The number of nitrogens with one attached hydrogen (secondary N) is 1. The van der Waals surface area contributed by atoms with Crippen LogP contribution in [0.2, 0.25) is 0 Å². The Labute approximate surface area is 91.9 Å². The van der Waals surface area contributed by atoms with Gasteiger partial charge in [0.15, 0.2) is 0 Å². The third kappa shape index (κ3) is 4.60. The second-order valence-corrected chi connectivity index (χ2v) is 4.15. The zero-order valence-electron chi connectivity index (χ0n) is 8.40. The van der Waals surface area contributed by atoms with Gasteiger partial charge in [0.1, 0.15) is 6.42 Å². The van der Waals surface area contributed by atoms with E-state index in [0.29, 0.717) is 0 Å². The third-order valence-corrected chi connectivity index (χ3v) is 2.57. The first-order valence-corrected chi connectivity index (χ1v) is 5.54. The van der Waals surface area contributed by atoms with E-state index in [2.05, 4.69) is 5.32 Å². The van der Waals surface area contributed by atoms with Crippen LogP contribution in [0.1, 0.15) is 18.9 Å². The Balaban J connectivity index is 2.32. The average Bonchev–Trinajstić information content (AvgIpc) is 2.53. The van der Waals surface area contributed by atoms with Crippen molar-refractivity contribution in [1.82, 2.24) is 5.32 Å². The number of hydrogen-bond donors (Lipinski definition) is 2. The Morgan fingerprint density at radius 1 is 1.60 bits per heavy atom. The highest BCUT2D eigenvalue weighted by molar-refractivity contribution is 7.07. The van der Waals surface area contributed by atoms with E-state index in [-0.39, 0.29) is 6.04 Å². The van der Waals surface area contributed by atoms with Gasteiger partial charge in [0.05, 0.1) is 0 Å². The average molecular weight is 227 g/mol. The van der Waals surface area contributed by atoms with Gasteiger partial charge in [-0.2, -0.15) is 11.3 Å². The van der Waals surface area contributed by atoms with Gasteiger partial charge in [0.25, 0.3) is 0 Å². The number of amides is 1. The Hall–Kier alpha value is -1.36. The molecule has 0 saturated heterocycles. The fourth-order valence-corrected chi connectivity index (χ4v) is 1.96. The number of carbonyl (C=O) groups excluding carboxylic acids is 1. The molecule has 0 fully saturated rings. The van der Waals surface area contributed by atoms with Gasteiger partial charge >= 0.3 is 5.97 Å². The van der Waals surface area contributed by atoms with Crippen LogP contribution in [0.15, 0.2) is 16.8 Å². The van der Waals surface area contributed by atoms with Gasteiger partial charge in [-0.15, -0.1) is 0 Å². The lowest BCUT2D eigenvalue weighted by Crippen LogP contribution is -2.35. The second kappa shape index (κ2) is 5.50. The van der Waals surface area contributed by atoms with E-state index < -0.39 is 18.3 Å². The molecule has 2 N–H and O–H groups in total. The van der Waals surface area contributed by atoms with E-state index in [4.69, 9.17) is 5.11 Å². The summed E-state index contributed by atoms with van der Waals surface area (Å²) < 4.78 is 0. The lowest BCUT2D eigenvalue weighted by Gasteiger charge is -2.11. The maximum Gasteiger partial charge on any atom is 0.312 e. The molecule has 4 nitrogen and oxygen atoms in total. The van der Waals surface area contributed by atoms with E-state index >= 15 is 0 Å². The molecule has 0 saturated carbocycles. The van der Waals surface area contributed by atoms with Gasteiger partial charge in [-0.25, -0.2) is 0 Å². The molecule has 82 valence electrons. The molecule has 15 heavy (non-hydrogen) atoms. The summed E-state index contributed by atoms with van der Waals surface area (Å²) >= 11 is 1.60. The van der Waals surface area contributed by atoms with Crippen molar-refractivity contribution in [3.8, 4) is 0 Å². The summed E-state index contributed by atoms with van der Waals surface area (Å²) in [6.45, 7) is 1.86. The zero-order valence-corrected chi connectivity index (χ0v) is 9.21. The van der Waals surface area contributed by atoms with Crippen LogP contribution in [-0.2, 0) is 16.0 Å². The fraction of sp³-hybridized carbons (Fsp3) is 0.400. The molecule has 5 heteroatoms. The predicted molar refractivity (Wildman–Crippen MR) is 57.9 cm³/mol. The Morgan fingerprint density at radius 2 is 2.33 bits per heavy atom. The molecule has 1 heterocycles. The Kier molecular flexibility index (Phi) is 4.30. The molecule has 0 radical (unpaired) electrons. The molecule has 1 amide bonds. The summed E-state index contributed by atoms with van der Waals surface area (Å²) in [4.78, 5) is 21.4. The molecule has 0 aliphatic rings. The van der Waals surface area contributed by atoms with Crippen LogP contribution in [0.25, 0.3) is 0 Å². The minimum Gasteiger partial charge on any atom is -0.481 e. The first-order valence-electron chi connectivity index (χ1n) is 4.60. The standard InChI is InChI=1S/C10H13NO3S/c1-7(4-8-2-3-15-6-8)11-9(12)5-10(13)14/h2-3,6-7H,4-5H2,1H3,(H,11,12)(H,13,14). The number of carbonyl (C=O) groups is 2. The zero-order chi connectivity index (χ0) is 11.3. The smallest absolute Gasteiger partial charge is 0.312 e. The largest absolute Gasteiger partial charge is 0.481 e. The normalized spacial score (nSPS) is 12.1. The van der Waals surface area contributed by atoms with E-state index in [1.807, 2.05) is 23.8 Å². The van der Waals surface area contributed by atoms with Gasteiger partial charge in [-0.3, -0.25) is 9.59 Å². The van der Waals surface area contributed by atoms with Crippen molar-refractivity contribution < 1.29 is 14.7 Å². The highest BCUT2D eigenvalue weighted by Gasteiger charge is 2.11. The SMILES string of the molecule is CC(Cc1ccsc1)NC(=O)CC(=O)O. The number of rotatable bonds is 5. The van der Waals surface area contributed by atoms with Crippen molar-refractivity contribution in [2.75, 3.05) is 0 Å². The number of thiophene rings is 1. The van der Waals surface area contributed by atoms with Crippen LogP contribution in [0.5, 0.6) is 0 Å². The van der Waals surface area contributed by atoms with Gasteiger partial charge in [-0.1, -0.05) is 0 Å². The molecule has 1 atom stereocenters. The molecular formula is C10H13NO3S. The van der Waals surface area contributed by atoms with E-state index in [0.717, 1.165) is 12.0 Å². The molecule has 0 spiro atoms. The number of aliphatic carboxylic acids is 1. The minimum absolute atomic E-state index is 0.0357. The van der Waals surface area contributed by atoms with Crippen molar-refractivity contribution in [1.29, 1.82) is 0 Å². The topological polar surface area (TPSA) is 66.4 Å². The van der Waals surface area contributed by atoms with Gasteiger partial charge in [0.2, 0.25) is 5.91 Å². The van der Waals surface area contributed by atoms with E-state index in [9.17, 15) is 9.59 Å². The first-order chi connectivity index (χ1) is 7.08. The molecule has 1 unspecified atom stereocenters. The lowest BCUT2D eigenvalue weighted by molar-refractivity contribution is -0.140. The van der Waals surface area contributed by atoms with Crippen molar-refractivity contribution in [3.63, 3.8) is 0 Å². The minimum atomic E-state index is -1.10. The van der Waals surface area contributed by atoms with Gasteiger partial charge < -0.3 is 10.4 Å². The molecule has 1 rings (SSSR count). The van der Waals surface area contributed by atoms with E-state index in [1.54, 1.807) is 11.3 Å². The lowest BCUT2D eigenvalue weighted by atomic mass is 10.1. The molecule has 0 bridgehead atoms. The van der Waals surface area contributed by atoms with Crippen LogP contribution < -0.4 is 5.32 Å². The summed E-state index contributed by atoms with van der Waals surface area (Å²) in [6.07, 6.45) is 0.267. The van der Waals surface area contributed by atoms with Crippen molar-refractivity contribution in [3.05, 3.63) is 22.4 Å². The third-order valence-electron chi connectivity index (χ3n) is 1.84. The van der Waals surface area contributed by atoms with Gasteiger partial charge in [-0.05, 0) is 35.7 Å². The Morgan fingerprint density at radius 3 is 2.87 bits per heavy atom. The van der Waals surface area contributed by atoms with E-state index in [1.165, 1.54) is 0 Å². The van der Waals surface area contributed by atoms with Gasteiger partial charge in [0, 0.05) is 6.04 Å². The molecule has 1 aromatic heterocycles.